The van der Waals surface area contributed by atoms with Gasteiger partial charge in [-0.15, -0.1) is 0 Å². The second-order valence-corrected chi connectivity index (χ2v) is 6.43. The topological polar surface area (TPSA) is 65.4 Å². The van der Waals surface area contributed by atoms with Gasteiger partial charge in [0, 0.05) is 6.54 Å². The number of aromatic nitrogens is 2. The zero-order valence-electron chi connectivity index (χ0n) is 15.1. The zero-order chi connectivity index (χ0) is 18.6. The number of ether oxygens (including phenoxy) is 2. The smallest absolute Gasteiger partial charge is 0.272 e. The highest BCUT2D eigenvalue weighted by Crippen LogP contribution is 2.28. The first kappa shape index (κ1) is 17.3. The summed E-state index contributed by atoms with van der Waals surface area (Å²) in [5.74, 6) is 0.634. The van der Waals surface area contributed by atoms with Crippen molar-refractivity contribution in [1.29, 1.82) is 0 Å². The second-order valence-electron chi connectivity index (χ2n) is 6.43. The van der Waals surface area contributed by atoms with Crippen LogP contribution in [0.15, 0.2) is 60.9 Å². The summed E-state index contributed by atoms with van der Waals surface area (Å²) < 4.78 is 13.2. The molecule has 6 heteroatoms. The van der Waals surface area contributed by atoms with Crippen LogP contribution < -0.4 is 10.1 Å². The SMILES string of the molecule is COc1ccc([C@@H]2Cn3cnc(C(=O)NCc4ccccc4)c3CO2)cc1. The van der Waals surface area contributed by atoms with Crippen LogP contribution in [0.2, 0.25) is 0 Å². The molecule has 138 valence electrons. The number of methoxy groups -OCH3 is 1. The van der Waals surface area contributed by atoms with E-state index in [0.717, 1.165) is 22.6 Å². The molecule has 0 saturated carbocycles. The number of carbonyl (C=O) groups excluding carboxylic acids is 1. The molecule has 3 aromatic rings. The Labute approximate surface area is 157 Å². The van der Waals surface area contributed by atoms with Crippen molar-refractivity contribution in [1.82, 2.24) is 14.9 Å². The van der Waals surface area contributed by atoms with Gasteiger partial charge in [-0.3, -0.25) is 4.79 Å². The molecule has 0 aliphatic carbocycles. The van der Waals surface area contributed by atoms with Crippen molar-refractivity contribution >= 4 is 5.91 Å². The maximum absolute atomic E-state index is 12.5. The number of nitrogens with zero attached hydrogens (tertiary/aromatic N) is 2. The van der Waals surface area contributed by atoms with E-state index in [1.807, 2.05) is 59.2 Å². The summed E-state index contributed by atoms with van der Waals surface area (Å²) in [5, 5.41) is 2.92. The molecule has 27 heavy (non-hydrogen) atoms. The van der Waals surface area contributed by atoms with E-state index in [-0.39, 0.29) is 12.0 Å². The molecule has 2 heterocycles. The molecule has 1 amide bonds. The molecule has 0 unspecified atom stereocenters. The van der Waals surface area contributed by atoms with Crippen molar-refractivity contribution in [2.24, 2.45) is 0 Å². The Bertz CT molecular complexity index is 920. The molecule has 1 aromatic heterocycles. The molecule has 4 rings (SSSR count). The molecule has 2 aromatic carbocycles. The monoisotopic (exact) mass is 363 g/mol. The van der Waals surface area contributed by atoms with E-state index in [2.05, 4.69) is 10.3 Å². The predicted molar refractivity (Wildman–Crippen MR) is 100 cm³/mol. The summed E-state index contributed by atoms with van der Waals surface area (Å²) >= 11 is 0. The maximum Gasteiger partial charge on any atom is 0.272 e. The fourth-order valence-electron chi connectivity index (χ4n) is 3.20. The Balaban J connectivity index is 1.44. The molecule has 0 bridgehead atoms. The van der Waals surface area contributed by atoms with Crippen molar-refractivity contribution in [2.45, 2.75) is 25.8 Å². The van der Waals surface area contributed by atoms with Gasteiger partial charge >= 0.3 is 0 Å². The second kappa shape index (κ2) is 7.63. The first-order valence-corrected chi connectivity index (χ1v) is 8.86. The number of hydrogen-bond donors (Lipinski definition) is 1. The number of hydrogen-bond acceptors (Lipinski definition) is 4. The minimum absolute atomic E-state index is 0.0714. The minimum atomic E-state index is -0.181. The predicted octanol–water partition coefficient (Wildman–Crippen LogP) is 3.09. The van der Waals surface area contributed by atoms with Crippen LogP contribution in [0, 0.1) is 0 Å². The molecular formula is C21H21N3O3. The van der Waals surface area contributed by atoms with Crippen molar-refractivity contribution in [3.05, 3.63) is 83.4 Å². The fourth-order valence-corrected chi connectivity index (χ4v) is 3.20. The van der Waals surface area contributed by atoms with Crippen molar-refractivity contribution in [3.8, 4) is 5.75 Å². The largest absolute Gasteiger partial charge is 0.497 e. The first-order chi connectivity index (χ1) is 13.2. The molecule has 1 atom stereocenters. The first-order valence-electron chi connectivity index (χ1n) is 8.86. The van der Waals surface area contributed by atoms with Gasteiger partial charge in [0.05, 0.1) is 32.3 Å². The summed E-state index contributed by atoms with van der Waals surface area (Å²) in [6.45, 7) is 1.45. The van der Waals surface area contributed by atoms with Crippen LogP contribution in [0.3, 0.4) is 0 Å². The zero-order valence-corrected chi connectivity index (χ0v) is 15.1. The van der Waals surface area contributed by atoms with Gasteiger partial charge in [0.2, 0.25) is 0 Å². The summed E-state index contributed by atoms with van der Waals surface area (Å²) in [4.78, 5) is 16.8. The summed E-state index contributed by atoms with van der Waals surface area (Å²) in [6.07, 6.45) is 1.64. The van der Waals surface area contributed by atoms with E-state index in [0.29, 0.717) is 25.4 Å². The number of benzene rings is 2. The number of imidazole rings is 1. The van der Waals surface area contributed by atoms with Gasteiger partial charge in [0.1, 0.15) is 11.9 Å². The van der Waals surface area contributed by atoms with Crippen LogP contribution in [0.4, 0.5) is 0 Å². The van der Waals surface area contributed by atoms with E-state index >= 15 is 0 Å². The Hall–Kier alpha value is -3.12. The normalized spacial score (nSPS) is 15.8. The lowest BCUT2D eigenvalue weighted by Gasteiger charge is -2.25. The van der Waals surface area contributed by atoms with E-state index in [4.69, 9.17) is 9.47 Å². The van der Waals surface area contributed by atoms with Crippen LogP contribution in [-0.2, 0) is 24.4 Å². The fraction of sp³-hybridized carbons (Fsp3) is 0.238. The third kappa shape index (κ3) is 3.71. The van der Waals surface area contributed by atoms with Crippen molar-refractivity contribution in [2.75, 3.05) is 7.11 Å². The van der Waals surface area contributed by atoms with Crippen LogP contribution in [0.5, 0.6) is 5.75 Å². The quantitative estimate of drug-likeness (QED) is 0.757. The van der Waals surface area contributed by atoms with Gasteiger partial charge < -0.3 is 19.4 Å². The molecule has 6 nitrogen and oxygen atoms in total. The lowest BCUT2D eigenvalue weighted by atomic mass is 10.1. The van der Waals surface area contributed by atoms with E-state index in [1.165, 1.54) is 0 Å². The van der Waals surface area contributed by atoms with E-state index in [9.17, 15) is 4.79 Å². The average molecular weight is 363 g/mol. The van der Waals surface area contributed by atoms with Gasteiger partial charge in [-0.25, -0.2) is 4.98 Å². The molecule has 0 fully saturated rings. The number of carbonyl (C=O) groups is 1. The molecular weight excluding hydrogens is 342 g/mol. The van der Waals surface area contributed by atoms with Gasteiger partial charge in [-0.2, -0.15) is 0 Å². The van der Waals surface area contributed by atoms with Gasteiger partial charge in [-0.05, 0) is 23.3 Å². The highest BCUT2D eigenvalue weighted by atomic mass is 16.5. The van der Waals surface area contributed by atoms with Gasteiger partial charge in [0.15, 0.2) is 5.69 Å². The molecule has 0 radical (unpaired) electrons. The minimum Gasteiger partial charge on any atom is -0.497 e. The molecule has 0 saturated heterocycles. The number of fused-ring (bicyclic) bond motifs is 1. The maximum atomic E-state index is 12.5. The molecule has 1 aliphatic rings. The Morgan fingerprint density at radius 2 is 2.00 bits per heavy atom. The lowest BCUT2D eigenvalue weighted by molar-refractivity contribution is 0.00255. The van der Waals surface area contributed by atoms with E-state index < -0.39 is 0 Å². The van der Waals surface area contributed by atoms with Crippen LogP contribution >= 0.6 is 0 Å². The Kier molecular flexibility index (Phi) is 4.89. The van der Waals surface area contributed by atoms with Crippen LogP contribution in [-0.4, -0.2) is 22.6 Å². The number of rotatable bonds is 5. The lowest BCUT2D eigenvalue weighted by Crippen LogP contribution is -2.27. The summed E-state index contributed by atoms with van der Waals surface area (Å²) in [5.41, 5.74) is 3.37. The van der Waals surface area contributed by atoms with Crippen molar-refractivity contribution in [3.63, 3.8) is 0 Å². The molecule has 0 spiro atoms. The third-order valence-corrected chi connectivity index (χ3v) is 4.73. The highest BCUT2D eigenvalue weighted by molar-refractivity contribution is 5.93. The Morgan fingerprint density at radius 1 is 1.22 bits per heavy atom. The summed E-state index contributed by atoms with van der Waals surface area (Å²) in [7, 11) is 1.65. The molecule has 1 N–H and O–H groups in total. The third-order valence-electron chi connectivity index (χ3n) is 4.73. The average Bonchev–Trinajstić information content (AvgIpc) is 3.16. The highest BCUT2D eigenvalue weighted by Gasteiger charge is 2.26. The Morgan fingerprint density at radius 3 is 2.74 bits per heavy atom. The summed E-state index contributed by atoms with van der Waals surface area (Å²) in [6, 6.07) is 17.7. The number of amides is 1. The van der Waals surface area contributed by atoms with E-state index in [1.54, 1.807) is 13.4 Å². The van der Waals surface area contributed by atoms with Gasteiger partial charge in [-0.1, -0.05) is 42.5 Å². The van der Waals surface area contributed by atoms with Crippen molar-refractivity contribution < 1.29 is 14.3 Å². The number of nitrogens with one attached hydrogen (secondary N) is 1. The van der Waals surface area contributed by atoms with Crippen LogP contribution in [0.25, 0.3) is 0 Å². The standard InChI is InChI=1S/C21H21N3O3/c1-26-17-9-7-16(8-10-17)19-12-24-14-23-20(18(24)13-27-19)21(25)22-11-15-5-3-2-4-6-15/h2-10,14,19H,11-13H2,1H3,(H,22,25)/t19-/m0/s1. The van der Waals surface area contributed by atoms with Gasteiger partial charge in [0.25, 0.3) is 5.91 Å². The molecule has 1 aliphatic heterocycles. The van der Waals surface area contributed by atoms with Crippen LogP contribution in [0.1, 0.15) is 33.4 Å².